The molecule has 0 atom stereocenters. The van der Waals surface area contributed by atoms with E-state index in [9.17, 15) is 4.79 Å². The van der Waals surface area contributed by atoms with Gasteiger partial charge in [-0.3, -0.25) is 4.79 Å². The SMILES string of the molecule is CC(C)CNC(=O)c1cc2sccc2s1. The summed E-state index contributed by atoms with van der Waals surface area (Å²) in [6.45, 7) is 4.92. The topological polar surface area (TPSA) is 29.1 Å². The molecule has 1 N–H and O–H groups in total. The number of fused-ring (bicyclic) bond motifs is 1. The molecule has 2 rings (SSSR count). The summed E-state index contributed by atoms with van der Waals surface area (Å²) in [7, 11) is 0. The van der Waals surface area contributed by atoms with Crippen molar-refractivity contribution in [3.05, 3.63) is 22.4 Å². The van der Waals surface area contributed by atoms with Crippen molar-refractivity contribution >= 4 is 38.0 Å². The van der Waals surface area contributed by atoms with Crippen LogP contribution in [0.15, 0.2) is 17.5 Å². The largest absolute Gasteiger partial charge is 0.351 e. The van der Waals surface area contributed by atoms with Crippen molar-refractivity contribution < 1.29 is 4.79 Å². The predicted octanol–water partition coefficient (Wildman–Crippen LogP) is 3.35. The van der Waals surface area contributed by atoms with Crippen LogP contribution in [0, 0.1) is 5.92 Å². The van der Waals surface area contributed by atoms with Gasteiger partial charge in [0.1, 0.15) is 0 Å². The number of thiophene rings is 2. The van der Waals surface area contributed by atoms with Crippen molar-refractivity contribution in [2.24, 2.45) is 5.92 Å². The Morgan fingerprint density at radius 2 is 2.27 bits per heavy atom. The Labute approximate surface area is 96.9 Å². The summed E-state index contributed by atoms with van der Waals surface area (Å²) in [6.07, 6.45) is 0. The predicted molar refractivity (Wildman–Crippen MR) is 66.9 cm³/mol. The Balaban J connectivity index is 2.10. The van der Waals surface area contributed by atoms with Gasteiger partial charge in [-0.2, -0.15) is 0 Å². The second-order valence-electron chi connectivity index (χ2n) is 3.86. The fraction of sp³-hybridized carbons (Fsp3) is 0.364. The second-order valence-corrected chi connectivity index (χ2v) is 5.90. The van der Waals surface area contributed by atoms with Crippen LogP contribution in [0.5, 0.6) is 0 Å². The van der Waals surface area contributed by atoms with E-state index in [1.807, 2.05) is 6.07 Å². The highest BCUT2D eigenvalue weighted by atomic mass is 32.1. The highest BCUT2D eigenvalue weighted by Gasteiger charge is 2.10. The molecule has 2 nitrogen and oxygen atoms in total. The van der Waals surface area contributed by atoms with E-state index in [0.29, 0.717) is 5.92 Å². The van der Waals surface area contributed by atoms with Crippen LogP contribution in [0.25, 0.3) is 9.40 Å². The quantitative estimate of drug-likeness (QED) is 0.874. The lowest BCUT2D eigenvalue weighted by molar-refractivity contribution is 0.0953. The number of carbonyl (C=O) groups excluding carboxylic acids is 1. The third kappa shape index (κ3) is 2.38. The Morgan fingerprint density at radius 3 is 2.93 bits per heavy atom. The Hall–Kier alpha value is -0.870. The van der Waals surface area contributed by atoms with E-state index in [-0.39, 0.29) is 5.91 Å². The standard InChI is InChI=1S/C11H13NOS2/c1-7(2)6-12-11(13)10-5-9-8(15-10)3-4-14-9/h3-5,7H,6H2,1-2H3,(H,12,13). The molecule has 80 valence electrons. The van der Waals surface area contributed by atoms with Crippen molar-refractivity contribution in [3.8, 4) is 0 Å². The van der Waals surface area contributed by atoms with Gasteiger partial charge >= 0.3 is 0 Å². The van der Waals surface area contributed by atoms with E-state index in [0.717, 1.165) is 11.4 Å². The molecule has 0 saturated heterocycles. The molecule has 0 aromatic carbocycles. The maximum Gasteiger partial charge on any atom is 0.261 e. The molecule has 0 bridgehead atoms. The molecule has 0 aliphatic rings. The lowest BCUT2D eigenvalue weighted by atomic mass is 10.2. The highest BCUT2D eigenvalue weighted by Crippen LogP contribution is 2.29. The summed E-state index contributed by atoms with van der Waals surface area (Å²) in [5.74, 6) is 0.548. The fourth-order valence-corrected chi connectivity index (χ4v) is 3.29. The molecule has 0 fully saturated rings. The Bertz CT molecular complexity index is 441. The van der Waals surface area contributed by atoms with Gasteiger partial charge in [-0.15, -0.1) is 22.7 Å². The third-order valence-electron chi connectivity index (χ3n) is 2.03. The van der Waals surface area contributed by atoms with E-state index in [1.165, 1.54) is 9.40 Å². The van der Waals surface area contributed by atoms with Crippen LogP contribution in [0.2, 0.25) is 0 Å². The first-order valence-corrected chi connectivity index (χ1v) is 6.61. The van der Waals surface area contributed by atoms with Crippen LogP contribution in [0.4, 0.5) is 0 Å². The minimum absolute atomic E-state index is 0.0529. The van der Waals surface area contributed by atoms with Gasteiger partial charge in [-0.05, 0) is 23.4 Å². The molecule has 15 heavy (non-hydrogen) atoms. The van der Waals surface area contributed by atoms with Crippen LogP contribution < -0.4 is 5.32 Å². The van der Waals surface area contributed by atoms with Gasteiger partial charge in [-0.25, -0.2) is 0 Å². The molecule has 2 aromatic heterocycles. The van der Waals surface area contributed by atoms with Crippen LogP contribution in [-0.4, -0.2) is 12.5 Å². The molecular weight excluding hydrogens is 226 g/mol. The smallest absolute Gasteiger partial charge is 0.261 e. The third-order valence-corrected chi connectivity index (χ3v) is 4.13. The Kier molecular flexibility index (Phi) is 3.07. The number of hydrogen-bond donors (Lipinski definition) is 1. The number of rotatable bonds is 3. The van der Waals surface area contributed by atoms with Crippen LogP contribution >= 0.6 is 22.7 Å². The van der Waals surface area contributed by atoms with Gasteiger partial charge in [-0.1, -0.05) is 13.8 Å². The summed E-state index contributed by atoms with van der Waals surface area (Å²) in [6, 6.07) is 4.03. The molecular formula is C11H13NOS2. The number of nitrogens with one attached hydrogen (secondary N) is 1. The van der Waals surface area contributed by atoms with Gasteiger partial charge in [0, 0.05) is 15.9 Å². The molecule has 4 heteroatoms. The zero-order valence-corrected chi connectivity index (χ0v) is 10.4. The zero-order chi connectivity index (χ0) is 10.8. The minimum Gasteiger partial charge on any atom is -0.351 e. The van der Waals surface area contributed by atoms with Gasteiger partial charge in [0.15, 0.2) is 0 Å². The molecule has 0 aliphatic carbocycles. The van der Waals surface area contributed by atoms with Gasteiger partial charge < -0.3 is 5.32 Å². The van der Waals surface area contributed by atoms with Crippen LogP contribution in [-0.2, 0) is 0 Å². The summed E-state index contributed by atoms with van der Waals surface area (Å²) < 4.78 is 2.41. The van der Waals surface area contributed by atoms with E-state index < -0.39 is 0 Å². The lowest BCUT2D eigenvalue weighted by Gasteiger charge is -2.05. The van der Waals surface area contributed by atoms with Crippen LogP contribution in [0.3, 0.4) is 0 Å². The second kappa shape index (κ2) is 4.33. The monoisotopic (exact) mass is 239 g/mol. The first kappa shape index (κ1) is 10.6. The first-order chi connectivity index (χ1) is 7.16. The first-order valence-electron chi connectivity index (χ1n) is 4.92. The molecule has 1 amide bonds. The summed E-state index contributed by atoms with van der Waals surface area (Å²) in [5.41, 5.74) is 0. The van der Waals surface area contributed by atoms with E-state index in [1.54, 1.807) is 22.7 Å². The Morgan fingerprint density at radius 1 is 1.47 bits per heavy atom. The molecule has 2 heterocycles. The van der Waals surface area contributed by atoms with Gasteiger partial charge in [0.2, 0.25) is 0 Å². The molecule has 0 radical (unpaired) electrons. The molecule has 0 saturated carbocycles. The summed E-state index contributed by atoms with van der Waals surface area (Å²) in [5, 5.41) is 4.98. The van der Waals surface area contributed by atoms with Crippen molar-refractivity contribution in [1.29, 1.82) is 0 Å². The number of carbonyl (C=O) groups is 1. The van der Waals surface area contributed by atoms with Crippen molar-refractivity contribution in [2.75, 3.05) is 6.54 Å². The minimum atomic E-state index is 0.0529. The number of amides is 1. The normalized spacial score (nSPS) is 11.1. The maximum atomic E-state index is 11.7. The van der Waals surface area contributed by atoms with Crippen molar-refractivity contribution in [2.45, 2.75) is 13.8 Å². The fourth-order valence-electron chi connectivity index (χ4n) is 1.26. The average Bonchev–Trinajstić information content (AvgIpc) is 2.72. The zero-order valence-electron chi connectivity index (χ0n) is 8.74. The molecule has 0 unspecified atom stereocenters. The molecule has 0 aliphatic heterocycles. The van der Waals surface area contributed by atoms with Crippen molar-refractivity contribution in [3.63, 3.8) is 0 Å². The summed E-state index contributed by atoms with van der Waals surface area (Å²) in [4.78, 5) is 12.5. The average molecular weight is 239 g/mol. The molecule has 2 aromatic rings. The van der Waals surface area contributed by atoms with E-state index in [2.05, 4.69) is 30.6 Å². The van der Waals surface area contributed by atoms with Gasteiger partial charge in [0.05, 0.1) is 4.88 Å². The van der Waals surface area contributed by atoms with Gasteiger partial charge in [0.25, 0.3) is 5.91 Å². The van der Waals surface area contributed by atoms with E-state index in [4.69, 9.17) is 0 Å². The molecule has 0 spiro atoms. The number of hydrogen-bond acceptors (Lipinski definition) is 3. The summed E-state index contributed by atoms with van der Waals surface area (Å²) >= 11 is 3.24. The van der Waals surface area contributed by atoms with E-state index >= 15 is 0 Å². The van der Waals surface area contributed by atoms with Crippen molar-refractivity contribution in [1.82, 2.24) is 5.32 Å². The maximum absolute atomic E-state index is 11.7. The van der Waals surface area contributed by atoms with Crippen LogP contribution in [0.1, 0.15) is 23.5 Å². The lowest BCUT2D eigenvalue weighted by Crippen LogP contribution is -2.26. The highest BCUT2D eigenvalue weighted by molar-refractivity contribution is 7.27.